The summed E-state index contributed by atoms with van der Waals surface area (Å²) in [5, 5.41) is 13.6. The Labute approximate surface area is 162 Å². The third-order valence-corrected chi connectivity index (χ3v) is 4.84. The lowest BCUT2D eigenvalue weighted by Gasteiger charge is -2.34. The Hall–Kier alpha value is -3.00. The van der Waals surface area contributed by atoms with E-state index in [4.69, 9.17) is 4.74 Å². The predicted molar refractivity (Wildman–Crippen MR) is 103 cm³/mol. The van der Waals surface area contributed by atoms with Crippen molar-refractivity contribution in [3.63, 3.8) is 0 Å². The van der Waals surface area contributed by atoms with Crippen LogP contribution in [-0.4, -0.2) is 37.1 Å². The van der Waals surface area contributed by atoms with Crippen molar-refractivity contribution >= 4 is 17.3 Å². The zero-order valence-electron chi connectivity index (χ0n) is 15.6. The van der Waals surface area contributed by atoms with Gasteiger partial charge in [-0.05, 0) is 36.6 Å². The first-order valence-electron chi connectivity index (χ1n) is 9.09. The van der Waals surface area contributed by atoms with Crippen LogP contribution in [0.4, 0.5) is 15.8 Å². The Morgan fingerprint density at radius 3 is 2.54 bits per heavy atom. The smallest absolute Gasteiger partial charge is 0.270 e. The van der Waals surface area contributed by atoms with Gasteiger partial charge < -0.3 is 15.0 Å². The number of nitrogens with one attached hydrogen (secondary N) is 1. The summed E-state index contributed by atoms with van der Waals surface area (Å²) in [7, 11) is 1.50. The Morgan fingerprint density at radius 1 is 1.25 bits per heavy atom. The number of nitrogens with zero attached hydrogens (tertiary/aromatic N) is 2. The van der Waals surface area contributed by atoms with E-state index in [-0.39, 0.29) is 23.5 Å². The first-order valence-corrected chi connectivity index (χ1v) is 9.09. The number of benzene rings is 2. The molecular formula is C20H22FN3O4. The van der Waals surface area contributed by atoms with E-state index in [0.717, 1.165) is 18.4 Å². The summed E-state index contributed by atoms with van der Waals surface area (Å²) in [4.78, 5) is 24.8. The van der Waals surface area contributed by atoms with Gasteiger partial charge in [0, 0.05) is 32.3 Å². The largest absolute Gasteiger partial charge is 0.373 e. The van der Waals surface area contributed by atoms with Crippen LogP contribution in [0.25, 0.3) is 0 Å². The van der Waals surface area contributed by atoms with Crippen LogP contribution in [0.3, 0.4) is 0 Å². The highest BCUT2D eigenvalue weighted by atomic mass is 19.1. The molecular weight excluding hydrogens is 365 g/mol. The van der Waals surface area contributed by atoms with Crippen molar-refractivity contribution in [2.75, 3.05) is 25.0 Å². The zero-order valence-corrected chi connectivity index (χ0v) is 15.6. The van der Waals surface area contributed by atoms with Crippen LogP contribution in [0, 0.1) is 15.9 Å². The molecule has 1 aliphatic rings. The van der Waals surface area contributed by atoms with Crippen LogP contribution in [0.15, 0.2) is 42.5 Å². The van der Waals surface area contributed by atoms with Gasteiger partial charge in [-0.3, -0.25) is 14.9 Å². The molecule has 148 valence electrons. The highest BCUT2D eigenvalue weighted by Crippen LogP contribution is 2.29. The second-order valence-corrected chi connectivity index (χ2v) is 6.66. The number of non-ortho nitro benzene ring substituents is 1. The number of carbonyl (C=O) groups is 1. The molecule has 0 saturated carbocycles. The average molecular weight is 387 g/mol. The minimum Gasteiger partial charge on any atom is -0.373 e. The van der Waals surface area contributed by atoms with E-state index < -0.39 is 4.92 Å². The van der Waals surface area contributed by atoms with Crippen molar-refractivity contribution in [2.45, 2.75) is 25.6 Å². The number of rotatable bonds is 6. The van der Waals surface area contributed by atoms with Crippen molar-refractivity contribution in [3.8, 4) is 0 Å². The van der Waals surface area contributed by atoms with Crippen molar-refractivity contribution in [1.29, 1.82) is 0 Å². The SMILES string of the molecule is CNC(=O)c1cc([N+](=O)[O-])ccc1N1CCC(OCc2ccc(F)cc2)CC1. The minimum atomic E-state index is -0.508. The molecule has 3 rings (SSSR count). The van der Waals surface area contributed by atoms with Gasteiger partial charge in [0.1, 0.15) is 5.82 Å². The van der Waals surface area contributed by atoms with Crippen molar-refractivity contribution in [3.05, 3.63) is 69.5 Å². The van der Waals surface area contributed by atoms with Crippen LogP contribution in [0.2, 0.25) is 0 Å². The predicted octanol–water partition coefficient (Wildman–Crippen LogP) is 3.28. The van der Waals surface area contributed by atoms with Gasteiger partial charge in [0.2, 0.25) is 0 Å². The third-order valence-electron chi connectivity index (χ3n) is 4.84. The van der Waals surface area contributed by atoms with E-state index in [1.807, 2.05) is 4.90 Å². The quantitative estimate of drug-likeness (QED) is 0.607. The number of hydrogen-bond acceptors (Lipinski definition) is 5. The number of nitro groups is 1. The van der Waals surface area contributed by atoms with Gasteiger partial charge in [0.15, 0.2) is 0 Å². The number of piperidine rings is 1. The molecule has 0 radical (unpaired) electrons. The molecule has 1 N–H and O–H groups in total. The molecule has 8 heteroatoms. The summed E-state index contributed by atoms with van der Waals surface area (Å²) in [5.41, 5.74) is 1.78. The maximum absolute atomic E-state index is 13.0. The first-order chi connectivity index (χ1) is 13.5. The highest BCUT2D eigenvalue weighted by Gasteiger charge is 2.24. The highest BCUT2D eigenvalue weighted by molar-refractivity contribution is 6.00. The fourth-order valence-corrected chi connectivity index (χ4v) is 3.29. The van der Waals surface area contributed by atoms with Gasteiger partial charge in [0.05, 0.1) is 28.9 Å². The Morgan fingerprint density at radius 2 is 1.93 bits per heavy atom. The van der Waals surface area contributed by atoms with E-state index in [2.05, 4.69) is 5.32 Å². The van der Waals surface area contributed by atoms with E-state index in [1.165, 1.54) is 31.3 Å². The van der Waals surface area contributed by atoms with Crippen LogP contribution < -0.4 is 10.2 Å². The number of anilines is 1. The van der Waals surface area contributed by atoms with Crippen molar-refractivity contribution < 1.29 is 18.8 Å². The molecule has 1 fully saturated rings. The summed E-state index contributed by atoms with van der Waals surface area (Å²) < 4.78 is 18.9. The summed E-state index contributed by atoms with van der Waals surface area (Å²) in [6, 6.07) is 10.6. The maximum atomic E-state index is 13.0. The molecule has 0 bridgehead atoms. The van der Waals surface area contributed by atoms with E-state index in [1.54, 1.807) is 18.2 Å². The number of carbonyl (C=O) groups excluding carboxylic acids is 1. The summed E-state index contributed by atoms with van der Waals surface area (Å²) >= 11 is 0. The van der Waals surface area contributed by atoms with Gasteiger partial charge in [-0.2, -0.15) is 0 Å². The normalized spacial score (nSPS) is 14.7. The van der Waals surface area contributed by atoms with Crippen LogP contribution in [-0.2, 0) is 11.3 Å². The second-order valence-electron chi connectivity index (χ2n) is 6.66. The molecule has 0 atom stereocenters. The maximum Gasteiger partial charge on any atom is 0.270 e. The zero-order chi connectivity index (χ0) is 20.1. The van der Waals surface area contributed by atoms with Gasteiger partial charge in [-0.25, -0.2) is 4.39 Å². The molecule has 2 aromatic carbocycles. The lowest BCUT2D eigenvalue weighted by atomic mass is 10.0. The first kappa shape index (κ1) is 19.8. The number of hydrogen-bond donors (Lipinski definition) is 1. The van der Waals surface area contributed by atoms with Crippen LogP contribution in [0.5, 0.6) is 0 Å². The molecule has 0 aliphatic carbocycles. The van der Waals surface area contributed by atoms with Gasteiger partial charge >= 0.3 is 0 Å². The number of ether oxygens (including phenoxy) is 1. The summed E-state index contributed by atoms with van der Waals surface area (Å²) in [6.07, 6.45) is 1.61. The Balaban J connectivity index is 1.63. The van der Waals surface area contributed by atoms with E-state index >= 15 is 0 Å². The van der Waals surface area contributed by atoms with Gasteiger partial charge in [0.25, 0.3) is 11.6 Å². The second kappa shape index (κ2) is 8.79. The third kappa shape index (κ3) is 4.64. The molecule has 1 aliphatic heterocycles. The van der Waals surface area contributed by atoms with Gasteiger partial charge in [-0.15, -0.1) is 0 Å². The lowest BCUT2D eigenvalue weighted by Crippen LogP contribution is -2.38. The molecule has 1 saturated heterocycles. The molecule has 2 aromatic rings. The standard InChI is InChI=1S/C20H22FN3O4/c1-22-20(25)18-12-16(24(26)27)6-7-19(18)23-10-8-17(9-11-23)28-13-14-2-4-15(21)5-3-14/h2-7,12,17H,8-11,13H2,1H3,(H,22,25). The monoisotopic (exact) mass is 387 g/mol. The summed E-state index contributed by atoms with van der Waals surface area (Å²) in [6.45, 7) is 1.78. The van der Waals surface area contributed by atoms with E-state index in [9.17, 15) is 19.3 Å². The summed E-state index contributed by atoms with van der Waals surface area (Å²) in [5.74, 6) is -0.625. The Kier molecular flexibility index (Phi) is 6.20. The molecule has 0 unspecified atom stereocenters. The fraction of sp³-hybridized carbons (Fsp3) is 0.350. The van der Waals surface area contributed by atoms with Crippen LogP contribution >= 0.6 is 0 Å². The number of amides is 1. The number of halogens is 1. The molecule has 0 spiro atoms. The molecule has 0 aromatic heterocycles. The average Bonchev–Trinajstić information content (AvgIpc) is 2.72. The Bertz CT molecular complexity index is 849. The van der Waals surface area contributed by atoms with Crippen molar-refractivity contribution in [2.24, 2.45) is 0 Å². The minimum absolute atomic E-state index is 0.0720. The van der Waals surface area contributed by atoms with E-state index in [0.29, 0.717) is 30.9 Å². The number of nitro benzene ring substituents is 1. The van der Waals surface area contributed by atoms with Crippen LogP contribution in [0.1, 0.15) is 28.8 Å². The van der Waals surface area contributed by atoms with Gasteiger partial charge in [-0.1, -0.05) is 12.1 Å². The molecule has 7 nitrogen and oxygen atoms in total. The molecule has 1 heterocycles. The molecule has 28 heavy (non-hydrogen) atoms. The molecule has 1 amide bonds. The fourth-order valence-electron chi connectivity index (χ4n) is 3.29. The lowest BCUT2D eigenvalue weighted by molar-refractivity contribution is -0.384. The topological polar surface area (TPSA) is 84.7 Å². The van der Waals surface area contributed by atoms with Crippen molar-refractivity contribution in [1.82, 2.24) is 5.32 Å².